The van der Waals surface area contributed by atoms with E-state index in [-0.39, 0.29) is 25.9 Å². The maximum Gasteiger partial charge on any atom is 0.0897 e. The highest BCUT2D eigenvalue weighted by molar-refractivity contribution is 4.80. The topological polar surface area (TPSA) is 108 Å². The predicted octanol–water partition coefficient (Wildman–Crippen LogP) is 4.81. The molecule has 2 fully saturated rings. The Labute approximate surface area is 259 Å². The lowest BCUT2D eigenvalue weighted by atomic mass is 9.74. The fraction of sp³-hybridized carbons (Fsp3) is 1.00. The normalized spacial score (nSPS) is 25.1. The molecular formula is C35H71N3O4. The van der Waals surface area contributed by atoms with E-state index in [2.05, 4.69) is 43.2 Å². The molecule has 2 aliphatic carbocycles. The number of rotatable bonds is 23. The van der Waals surface area contributed by atoms with Crippen molar-refractivity contribution in [1.29, 1.82) is 0 Å². The van der Waals surface area contributed by atoms with E-state index < -0.39 is 6.10 Å². The van der Waals surface area contributed by atoms with Gasteiger partial charge in [0.1, 0.15) is 0 Å². The fourth-order valence-corrected chi connectivity index (χ4v) is 7.56. The first-order chi connectivity index (χ1) is 20.2. The Morgan fingerprint density at radius 1 is 0.619 bits per heavy atom. The zero-order chi connectivity index (χ0) is 30.7. The third-order valence-corrected chi connectivity index (χ3v) is 10.8. The van der Waals surface area contributed by atoms with Gasteiger partial charge in [-0.1, -0.05) is 53.4 Å². The maximum absolute atomic E-state index is 10.1. The summed E-state index contributed by atoms with van der Waals surface area (Å²) in [6.45, 7) is 13.1. The quantitative estimate of drug-likeness (QED) is 0.0939. The molecule has 42 heavy (non-hydrogen) atoms. The van der Waals surface area contributed by atoms with Gasteiger partial charge >= 0.3 is 0 Å². The van der Waals surface area contributed by atoms with Gasteiger partial charge in [-0.25, -0.2) is 0 Å². The van der Waals surface area contributed by atoms with Crippen LogP contribution in [0.15, 0.2) is 0 Å². The van der Waals surface area contributed by atoms with Crippen LogP contribution in [0.25, 0.3) is 0 Å². The molecule has 2 saturated carbocycles. The molecule has 1 unspecified atom stereocenters. The minimum absolute atomic E-state index is 0.0747. The summed E-state index contributed by atoms with van der Waals surface area (Å²) >= 11 is 0. The summed E-state index contributed by atoms with van der Waals surface area (Å²) in [5.74, 6) is 5.35. The Morgan fingerprint density at radius 3 is 1.43 bits per heavy atom. The van der Waals surface area contributed by atoms with Gasteiger partial charge < -0.3 is 36.0 Å². The predicted molar refractivity (Wildman–Crippen MR) is 176 cm³/mol. The highest BCUT2D eigenvalue weighted by atomic mass is 16.3. The highest BCUT2D eigenvalue weighted by Gasteiger charge is 2.26. The summed E-state index contributed by atoms with van der Waals surface area (Å²) in [6.07, 6.45) is 17.9. The van der Waals surface area contributed by atoms with E-state index in [1.807, 2.05) is 0 Å². The van der Waals surface area contributed by atoms with Gasteiger partial charge in [0.25, 0.3) is 0 Å². The van der Waals surface area contributed by atoms with Crippen LogP contribution in [-0.4, -0.2) is 96.1 Å². The van der Waals surface area contributed by atoms with E-state index in [1.165, 1.54) is 77.0 Å². The van der Waals surface area contributed by atoms with E-state index >= 15 is 0 Å². The Hall–Kier alpha value is -0.280. The smallest absolute Gasteiger partial charge is 0.0897 e. The first-order valence-corrected chi connectivity index (χ1v) is 17.9. The van der Waals surface area contributed by atoms with E-state index in [1.54, 1.807) is 0 Å². The molecule has 0 saturated heterocycles. The molecule has 0 aromatic carbocycles. The van der Waals surface area contributed by atoms with Gasteiger partial charge in [-0.2, -0.15) is 0 Å². The lowest BCUT2D eigenvalue weighted by Gasteiger charge is -2.33. The second kappa shape index (κ2) is 22.3. The zero-order valence-electron chi connectivity index (χ0n) is 28.0. The SMILES string of the molecule is CC(C)C1CCC(CCC(CCC2CCC(C(C)C)CC2)NCCCN(CCCNC(CO)CO)CC(O)CO)CC1. The molecule has 0 radical (unpaired) electrons. The Bertz CT molecular complexity index is 600. The van der Waals surface area contributed by atoms with Gasteiger partial charge in [0.15, 0.2) is 0 Å². The summed E-state index contributed by atoms with van der Waals surface area (Å²) < 4.78 is 0. The Morgan fingerprint density at radius 2 is 1.05 bits per heavy atom. The van der Waals surface area contributed by atoms with Gasteiger partial charge in [0.2, 0.25) is 0 Å². The number of nitrogens with zero attached hydrogens (tertiary/aromatic N) is 1. The first-order valence-electron chi connectivity index (χ1n) is 17.9. The lowest BCUT2D eigenvalue weighted by Crippen LogP contribution is -2.40. The molecular weight excluding hydrogens is 526 g/mol. The average Bonchev–Trinajstić information content (AvgIpc) is 3.00. The summed E-state index contributed by atoms with van der Waals surface area (Å²) in [7, 11) is 0. The van der Waals surface area contributed by atoms with E-state index in [0.717, 1.165) is 68.0 Å². The van der Waals surface area contributed by atoms with Crippen LogP contribution in [0, 0.1) is 35.5 Å². The van der Waals surface area contributed by atoms with E-state index in [9.17, 15) is 20.4 Å². The molecule has 0 aromatic heterocycles. The van der Waals surface area contributed by atoms with Gasteiger partial charge in [-0.05, 0) is 126 Å². The van der Waals surface area contributed by atoms with Crippen LogP contribution in [-0.2, 0) is 0 Å². The molecule has 7 nitrogen and oxygen atoms in total. The first kappa shape index (κ1) is 37.9. The van der Waals surface area contributed by atoms with Crippen molar-refractivity contribution in [3.8, 4) is 0 Å². The molecule has 1 atom stereocenters. The second-order valence-corrected chi connectivity index (χ2v) is 14.7. The molecule has 2 rings (SSSR count). The summed E-state index contributed by atoms with van der Waals surface area (Å²) in [4.78, 5) is 2.24. The Balaban J connectivity index is 1.80. The average molecular weight is 598 g/mol. The molecule has 0 bridgehead atoms. The summed E-state index contributed by atoms with van der Waals surface area (Å²) in [5, 5.41) is 45.1. The molecule has 6 N–H and O–H groups in total. The highest BCUT2D eigenvalue weighted by Crippen LogP contribution is 2.37. The summed E-state index contributed by atoms with van der Waals surface area (Å²) in [6, 6.07) is 0.323. The minimum atomic E-state index is -0.724. The fourth-order valence-electron chi connectivity index (χ4n) is 7.56. The van der Waals surface area contributed by atoms with Crippen molar-refractivity contribution in [3.63, 3.8) is 0 Å². The van der Waals surface area contributed by atoms with Crippen molar-refractivity contribution in [2.45, 2.75) is 136 Å². The van der Waals surface area contributed by atoms with Crippen molar-refractivity contribution in [2.75, 3.05) is 52.5 Å². The molecule has 250 valence electrons. The number of hydrogen-bond donors (Lipinski definition) is 6. The van der Waals surface area contributed by atoms with Crippen LogP contribution < -0.4 is 10.6 Å². The standard InChI is InChI=1S/C35H71N3O4/c1-27(2)31-13-7-29(8-14-31)11-17-33(18-12-30-9-15-32(16-10-30)28(3)4)36-19-5-21-38(23-35(42)26-41)22-6-20-37-34(24-39)25-40/h27-37,39-42H,5-26H2,1-4H3. The molecule has 0 amide bonds. The van der Waals surface area contributed by atoms with Crippen molar-refractivity contribution in [2.24, 2.45) is 35.5 Å². The number of hydrogen-bond acceptors (Lipinski definition) is 7. The lowest BCUT2D eigenvalue weighted by molar-refractivity contribution is 0.0581. The van der Waals surface area contributed by atoms with Gasteiger partial charge in [-0.3, -0.25) is 0 Å². The van der Waals surface area contributed by atoms with E-state index in [0.29, 0.717) is 19.1 Å². The number of aliphatic hydroxyl groups is 4. The largest absolute Gasteiger partial charge is 0.395 e. The van der Waals surface area contributed by atoms with Crippen LogP contribution >= 0.6 is 0 Å². The van der Waals surface area contributed by atoms with Crippen LogP contribution in [0.1, 0.15) is 118 Å². The van der Waals surface area contributed by atoms with Crippen LogP contribution in [0.4, 0.5) is 0 Å². The maximum atomic E-state index is 10.1. The van der Waals surface area contributed by atoms with Crippen molar-refractivity contribution in [3.05, 3.63) is 0 Å². The zero-order valence-corrected chi connectivity index (χ0v) is 28.0. The van der Waals surface area contributed by atoms with Crippen LogP contribution in [0.2, 0.25) is 0 Å². The van der Waals surface area contributed by atoms with Crippen molar-refractivity contribution >= 4 is 0 Å². The molecule has 0 aromatic rings. The number of nitrogens with one attached hydrogen (secondary N) is 2. The van der Waals surface area contributed by atoms with Crippen LogP contribution in [0.5, 0.6) is 0 Å². The third kappa shape index (κ3) is 15.6. The molecule has 0 heterocycles. The van der Waals surface area contributed by atoms with Gasteiger partial charge in [-0.15, -0.1) is 0 Å². The molecule has 0 spiro atoms. The van der Waals surface area contributed by atoms with Gasteiger partial charge in [0.05, 0.1) is 32.0 Å². The summed E-state index contributed by atoms with van der Waals surface area (Å²) in [5.41, 5.74) is 0. The van der Waals surface area contributed by atoms with E-state index in [4.69, 9.17) is 0 Å². The van der Waals surface area contributed by atoms with Crippen LogP contribution in [0.3, 0.4) is 0 Å². The van der Waals surface area contributed by atoms with Crippen molar-refractivity contribution in [1.82, 2.24) is 15.5 Å². The third-order valence-electron chi connectivity index (χ3n) is 10.8. The number of aliphatic hydroxyl groups excluding tert-OH is 4. The van der Waals surface area contributed by atoms with Crippen molar-refractivity contribution < 1.29 is 20.4 Å². The monoisotopic (exact) mass is 598 g/mol. The second-order valence-electron chi connectivity index (χ2n) is 14.7. The molecule has 2 aliphatic rings. The van der Waals surface area contributed by atoms with Gasteiger partial charge in [0, 0.05) is 12.6 Å². The minimum Gasteiger partial charge on any atom is -0.395 e. The Kier molecular flexibility index (Phi) is 20.1. The molecule has 7 heteroatoms. The molecule has 0 aliphatic heterocycles.